The largest absolute Gasteiger partial charge is 0.257 e. The molecular weight excluding hydrogens is 273 g/mol. The summed E-state index contributed by atoms with van der Waals surface area (Å²) in [7, 11) is 0. The van der Waals surface area contributed by atoms with Crippen molar-refractivity contribution >= 4 is 28.7 Å². The number of rotatable bonds is 0. The molecule has 0 amide bonds. The predicted molar refractivity (Wildman–Crippen MR) is 61.7 cm³/mol. The summed E-state index contributed by atoms with van der Waals surface area (Å²) in [5.74, 6) is 1.60. The Bertz CT molecular complexity index is 383. The first-order chi connectivity index (χ1) is 6.36. The second-order valence-corrected chi connectivity index (χ2v) is 5.04. The van der Waals surface area contributed by atoms with Crippen molar-refractivity contribution in [3.05, 3.63) is 33.2 Å². The van der Waals surface area contributed by atoms with E-state index >= 15 is 0 Å². The van der Waals surface area contributed by atoms with E-state index in [0.29, 0.717) is 0 Å². The van der Waals surface area contributed by atoms with Crippen LogP contribution < -0.4 is 0 Å². The van der Waals surface area contributed by atoms with E-state index in [2.05, 4.69) is 45.8 Å². The van der Waals surface area contributed by atoms with Gasteiger partial charge in [-0.1, -0.05) is 6.07 Å². The minimum absolute atomic E-state index is 0.778. The number of hydrogen-bond donors (Lipinski definition) is 0. The molecule has 0 radical (unpaired) electrons. The van der Waals surface area contributed by atoms with Crippen molar-refractivity contribution in [3.63, 3.8) is 0 Å². The molecule has 1 fully saturated rings. The molecule has 2 unspecified atom stereocenters. The fraction of sp³-hybridized carbons (Fsp3) is 0.364. The van der Waals surface area contributed by atoms with Gasteiger partial charge in [-0.3, -0.25) is 4.98 Å². The smallest absolute Gasteiger partial charge is 0.0672 e. The van der Waals surface area contributed by atoms with Gasteiger partial charge >= 0.3 is 0 Å². The number of hydrogen-bond acceptors (Lipinski definition) is 1. The van der Waals surface area contributed by atoms with Crippen LogP contribution in [0, 0.1) is 5.92 Å². The van der Waals surface area contributed by atoms with Crippen molar-refractivity contribution in [2.75, 3.05) is 0 Å². The zero-order valence-electron chi connectivity index (χ0n) is 7.20. The van der Waals surface area contributed by atoms with E-state index in [1.807, 2.05) is 6.20 Å². The Morgan fingerprint density at radius 2 is 2.15 bits per heavy atom. The van der Waals surface area contributed by atoms with Gasteiger partial charge in [0.15, 0.2) is 0 Å². The van der Waals surface area contributed by atoms with E-state index in [4.69, 9.17) is 0 Å². The van der Waals surface area contributed by atoms with Crippen molar-refractivity contribution < 1.29 is 0 Å². The Morgan fingerprint density at radius 1 is 1.31 bits per heavy atom. The fourth-order valence-electron chi connectivity index (χ4n) is 2.30. The summed E-state index contributed by atoms with van der Waals surface area (Å²) in [5.41, 5.74) is 2.67. The quantitative estimate of drug-likeness (QED) is 0.665. The van der Waals surface area contributed by atoms with Crippen LogP contribution in [0.2, 0.25) is 0 Å². The van der Waals surface area contributed by atoms with Crippen molar-refractivity contribution in [1.82, 2.24) is 4.98 Å². The number of halogens is 1. The van der Waals surface area contributed by atoms with Crippen LogP contribution in [0.25, 0.3) is 6.08 Å². The zero-order valence-corrected chi connectivity index (χ0v) is 9.36. The summed E-state index contributed by atoms with van der Waals surface area (Å²) in [5, 5.41) is 0. The standard InChI is InChI=1S/C11H10IN/c12-10-6-11-9(2-1-5-13-11)7-3-4-8(7)10/h1-2,5-8H,3-4H2. The van der Waals surface area contributed by atoms with Crippen LogP contribution in [0.1, 0.15) is 30.0 Å². The van der Waals surface area contributed by atoms with Crippen molar-refractivity contribution in [1.29, 1.82) is 0 Å². The number of nitrogens with zero attached hydrogens (tertiary/aromatic N) is 1. The van der Waals surface area contributed by atoms with E-state index in [0.717, 1.165) is 11.8 Å². The van der Waals surface area contributed by atoms with Crippen LogP contribution in [0.4, 0.5) is 0 Å². The van der Waals surface area contributed by atoms with Gasteiger partial charge in [0.25, 0.3) is 0 Å². The van der Waals surface area contributed by atoms with E-state index in [-0.39, 0.29) is 0 Å². The third kappa shape index (κ3) is 1.08. The second kappa shape index (κ2) is 2.80. The van der Waals surface area contributed by atoms with Gasteiger partial charge in [-0.2, -0.15) is 0 Å². The first-order valence-electron chi connectivity index (χ1n) is 4.68. The molecule has 1 saturated carbocycles. The summed E-state index contributed by atoms with van der Waals surface area (Å²) in [6, 6.07) is 4.29. The first-order valence-corrected chi connectivity index (χ1v) is 5.76. The first kappa shape index (κ1) is 7.97. The molecule has 0 spiro atoms. The van der Waals surface area contributed by atoms with Crippen LogP contribution in [-0.2, 0) is 0 Å². The van der Waals surface area contributed by atoms with Gasteiger partial charge in [-0.15, -0.1) is 0 Å². The molecule has 0 aliphatic heterocycles. The number of pyridine rings is 1. The topological polar surface area (TPSA) is 12.9 Å². The number of allylic oxidation sites excluding steroid dienone is 1. The summed E-state index contributed by atoms with van der Waals surface area (Å²) in [6.45, 7) is 0. The van der Waals surface area contributed by atoms with Crippen LogP contribution in [0.3, 0.4) is 0 Å². The molecule has 2 atom stereocenters. The van der Waals surface area contributed by atoms with E-state index in [1.165, 1.54) is 27.7 Å². The lowest BCUT2D eigenvalue weighted by atomic mass is 9.67. The lowest BCUT2D eigenvalue weighted by Crippen LogP contribution is -2.27. The molecule has 2 aliphatic rings. The minimum Gasteiger partial charge on any atom is -0.257 e. The molecule has 2 aliphatic carbocycles. The Balaban J connectivity index is 2.18. The normalized spacial score (nSPS) is 29.8. The average Bonchev–Trinajstić information content (AvgIpc) is 2.04. The van der Waals surface area contributed by atoms with Crippen molar-refractivity contribution in [2.45, 2.75) is 18.8 Å². The summed E-state index contributed by atoms with van der Waals surface area (Å²) < 4.78 is 1.50. The highest BCUT2D eigenvalue weighted by Gasteiger charge is 2.37. The Kier molecular flexibility index (Phi) is 1.72. The van der Waals surface area contributed by atoms with Crippen LogP contribution >= 0.6 is 22.6 Å². The summed E-state index contributed by atoms with van der Waals surface area (Å²) >= 11 is 2.47. The number of fused-ring (bicyclic) bond motifs is 3. The van der Waals surface area contributed by atoms with Crippen LogP contribution in [-0.4, -0.2) is 4.98 Å². The third-order valence-corrected chi connectivity index (χ3v) is 4.29. The van der Waals surface area contributed by atoms with Gasteiger partial charge in [0.1, 0.15) is 0 Å². The lowest BCUT2D eigenvalue weighted by molar-refractivity contribution is 0.310. The summed E-state index contributed by atoms with van der Waals surface area (Å²) in [4.78, 5) is 4.41. The van der Waals surface area contributed by atoms with Crippen molar-refractivity contribution in [2.24, 2.45) is 5.92 Å². The van der Waals surface area contributed by atoms with Gasteiger partial charge < -0.3 is 0 Å². The SMILES string of the molecule is IC1=Cc2ncccc2C2CCC12. The maximum absolute atomic E-state index is 4.41. The fourth-order valence-corrected chi connectivity index (χ4v) is 3.34. The predicted octanol–water partition coefficient (Wildman–Crippen LogP) is 3.36. The van der Waals surface area contributed by atoms with E-state index in [9.17, 15) is 0 Å². The molecule has 13 heavy (non-hydrogen) atoms. The third-order valence-electron chi connectivity index (χ3n) is 3.17. The number of aromatic nitrogens is 1. The Labute approximate surface area is 91.4 Å². The van der Waals surface area contributed by atoms with Gasteiger partial charge in [0.05, 0.1) is 5.69 Å². The average molecular weight is 283 g/mol. The van der Waals surface area contributed by atoms with Gasteiger partial charge in [0.2, 0.25) is 0 Å². The molecule has 1 heterocycles. The van der Waals surface area contributed by atoms with E-state index < -0.39 is 0 Å². The molecule has 0 aromatic carbocycles. The molecule has 2 heteroatoms. The molecule has 66 valence electrons. The monoisotopic (exact) mass is 283 g/mol. The van der Waals surface area contributed by atoms with Crippen molar-refractivity contribution in [3.8, 4) is 0 Å². The van der Waals surface area contributed by atoms with Crippen LogP contribution in [0.5, 0.6) is 0 Å². The molecule has 0 N–H and O–H groups in total. The molecule has 0 saturated heterocycles. The maximum atomic E-state index is 4.41. The molecule has 3 rings (SSSR count). The molecular formula is C11H10IN. The van der Waals surface area contributed by atoms with E-state index in [1.54, 1.807) is 0 Å². The maximum Gasteiger partial charge on any atom is 0.0672 e. The van der Waals surface area contributed by atoms with Gasteiger partial charge in [-0.05, 0) is 68.6 Å². The molecule has 1 aromatic heterocycles. The molecule has 1 nitrogen and oxygen atoms in total. The highest BCUT2D eigenvalue weighted by atomic mass is 127. The van der Waals surface area contributed by atoms with Gasteiger partial charge in [-0.25, -0.2) is 0 Å². The Morgan fingerprint density at radius 3 is 2.92 bits per heavy atom. The van der Waals surface area contributed by atoms with Gasteiger partial charge in [0, 0.05) is 6.20 Å². The second-order valence-electron chi connectivity index (χ2n) is 3.80. The minimum atomic E-state index is 0.778. The zero-order chi connectivity index (χ0) is 8.84. The highest BCUT2D eigenvalue weighted by Crippen LogP contribution is 2.52. The van der Waals surface area contributed by atoms with Crippen LogP contribution in [0.15, 0.2) is 21.9 Å². The molecule has 0 bridgehead atoms. The molecule has 1 aromatic rings. The summed E-state index contributed by atoms with van der Waals surface area (Å²) in [6.07, 6.45) is 6.85. The lowest BCUT2D eigenvalue weighted by Gasteiger charge is -2.40. The highest BCUT2D eigenvalue weighted by molar-refractivity contribution is 14.1. The Hall–Kier alpha value is -0.380.